The lowest BCUT2D eigenvalue weighted by atomic mass is 9.98. The number of anilines is 1. The van der Waals surface area contributed by atoms with Gasteiger partial charge in [0.2, 0.25) is 5.82 Å². The summed E-state index contributed by atoms with van der Waals surface area (Å²) in [7, 11) is 0. The number of fused-ring (bicyclic) bond motifs is 2. The highest BCUT2D eigenvalue weighted by atomic mass is 19.4. The van der Waals surface area contributed by atoms with E-state index in [-0.39, 0.29) is 24.8 Å². The van der Waals surface area contributed by atoms with E-state index in [0.29, 0.717) is 11.8 Å². The minimum atomic E-state index is -4.62. The first-order valence-electron chi connectivity index (χ1n) is 10.8. The van der Waals surface area contributed by atoms with E-state index < -0.39 is 47.9 Å². The molecule has 3 N–H and O–H groups in total. The molecule has 0 aromatic carbocycles. The molecule has 0 bridgehead atoms. The minimum absolute atomic E-state index is 0.00102. The van der Waals surface area contributed by atoms with Crippen molar-refractivity contribution < 1.29 is 32.2 Å². The average Bonchev–Trinajstić information content (AvgIpc) is 3.40. The molecule has 0 spiro atoms. The first kappa shape index (κ1) is 23.4. The van der Waals surface area contributed by atoms with Crippen molar-refractivity contribution in [1.82, 2.24) is 30.2 Å². The number of hydrogen-bond acceptors (Lipinski definition) is 9. The standard InChI is InChI=1S/C21H22F3N7O4/c1-20(2)34-15-11(29-14-8-25-7-13(30-14)21(22,23)24)9-33-12(16(15)35-20)6-28-19(32)18-27-5-10-3-4-26-17(10)31-18/h3-5,7-8,11-12,15-16H,6,9H2,1-2H3,(H,28,32)(H,29,30)(H,26,27,31)/t11-,12+,15+,16-/m0/s1. The van der Waals surface area contributed by atoms with E-state index in [1.165, 1.54) is 6.20 Å². The van der Waals surface area contributed by atoms with Crippen LogP contribution in [0.4, 0.5) is 19.0 Å². The number of carbonyl (C=O) groups excluding carboxylic acids is 1. The molecule has 2 aliphatic rings. The van der Waals surface area contributed by atoms with Crippen LogP contribution in [0.5, 0.6) is 0 Å². The molecule has 11 nitrogen and oxygen atoms in total. The molecule has 2 saturated heterocycles. The number of carbonyl (C=O) groups is 1. The van der Waals surface area contributed by atoms with E-state index in [1.807, 2.05) is 0 Å². The summed E-state index contributed by atoms with van der Waals surface area (Å²) in [6, 6.07) is 1.23. The van der Waals surface area contributed by atoms with Crippen molar-refractivity contribution in [2.24, 2.45) is 0 Å². The molecule has 0 unspecified atom stereocenters. The topological polar surface area (TPSA) is 136 Å². The van der Waals surface area contributed by atoms with Gasteiger partial charge in [-0.05, 0) is 19.9 Å². The molecule has 5 heterocycles. The number of nitrogens with one attached hydrogen (secondary N) is 3. The fourth-order valence-electron chi connectivity index (χ4n) is 4.11. The lowest BCUT2D eigenvalue weighted by Gasteiger charge is -2.37. The summed E-state index contributed by atoms with van der Waals surface area (Å²) < 4.78 is 56.9. The van der Waals surface area contributed by atoms with Crippen LogP contribution in [0.2, 0.25) is 0 Å². The molecule has 3 aromatic heterocycles. The van der Waals surface area contributed by atoms with Gasteiger partial charge in [-0.25, -0.2) is 15.0 Å². The van der Waals surface area contributed by atoms with Crippen LogP contribution in [0.3, 0.4) is 0 Å². The van der Waals surface area contributed by atoms with Crippen LogP contribution in [0.15, 0.2) is 30.9 Å². The van der Waals surface area contributed by atoms with E-state index in [0.717, 1.165) is 5.39 Å². The average molecular weight is 493 g/mol. The summed E-state index contributed by atoms with van der Waals surface area (Å²) >= 11 is 0. The maximum atomic E-state index is 13.0. The molecule has 1 amide bonds. The van der Waals surface area contributed by atoms with E-state index in [9.17, 15) is 18.0 Å². The second-order valence-electron chi connectivity index (χ2n) is 8.66. The van der Waals surface area contributed by atoms with Gasteiger partial charge in [-0.3, -0.25) is 9.78 Å². The smallest absolute Gasteiger partial charge is 0.371 e. The normalized spacial score (nSPS) is 25.9. The van der Waals surface area contributed by atoms with Gasteiger partial charge in [-0.15, -0.1) is 0 Å². The van der Waals surface area contributed by atoms with Gasteiger partial charge in [-0.1, -0.05) is 0 Å². The number of hydrogen-bond donors (Lipinski definition) is 3. The number of alkyl halides is 3. The first-order chi connectivity index (χ1) is 16.6. The van der Waals surface area contributed by atoms with E-state index in [2.05, 4.69) is 35.6 Å². The molecule has 2 fully saturated rings. The number of H-pyrrole nitrogens is 1. The Balaban J connectivity index is 1.26. The SMILES string of the molecule is CC1(C)O[C@@H]2[C@H](O1)[C@@H](Nc1cncc(C(F)(F)F)n1)CO[C@@H]2CNC(=O)c1ncc2cc[nH]c2n1. The molecule has 5 rings (SSSR count). The summed E-state index contributed by atoms with van der Waals surface area (Å²) in [5, 5.41) is 6.44. The zero-order valence-corrected chi connectivity index (χ0v) is 18.7. The largest absolute Gasteiger partial charge is 0.434 e. The summed E-state index contributed by atoms with van der Waals surface area (Å²) in [6.07, 6.45) is -1.30. The Morgan fingerprint density at radius 1 is 1.20 bits per heavy atom. The highest BCUT2D eigenvalue weighted by Crippen LogP contribution is 2.36. The fraction of sp³-hybridized carbons (Fsp3) is 0.476. The molecule has 4 atom stereocenters. The van der Waals surface area contributed by atoms with Crippen molar-refractivity contribution in [2.45, 2.75) is 50.2 Å². The molecular weight excluding hydrogens is 471 g/mol. The number of aromatic amines is 1. The second-order valence-corrected chi connectivity index (χ2v) is 8.66. The molecule has 35 heavy (non-hydrogen) atoms. The number of rotatable bonds is 5. The quantitative estimate of drug-likeness (QED) is 0.487. The molecule has 3 aromatic rings. The van der Waals surface area contributed by atoms with Crippen LogP contribution in [-0.2, 0) is 20.4 Å². The van der Waals surface area contributed by atoms with Gasteiger partial charge in [0.25, 0.3) is 5.91 Å². The van der Waals surface area contributed by atoms with Gasteiger partial charge in [-0.2, -0.15) is 13.2 Å². The fourth-order valence-corrected chi connectivity index (χ4v) is 4.11. The molecule has 2 aliphatic heterocycles. The van der Waals surface area contributed by atoms with Gasteiger partial charge in [0.1, 0.15) is 29.8 Å². The molecule has 0 aliphatic carbocycles. The summed E-state index contributed by atoms with van der Waals surface area (Å²) in [6.45, 7) is 3.61. The third kappa shape index (κ3) is 4.90. The van der Waals surface area contributed by atoms with Crippen molar-refractivity contribution in [3.8, 4) is 0 Å². The number of amides is 1. The van der Waals surface area contributed by atoms with Gasteiger partial charge >= 0.3 is 6.18 Å². The van der Waals surface area contributed by atoms with E-state index >= 15 is 0 Å². The van der Waals surface area contributed by atoms with Crippen molar-refractivity contribution in [3.05, 3.63) is 42.4 Å². The number of halogens is 3. The highest BCUT2D eigenvalue weighted by Gasteiger charge is 2.52. The van der Waals surface area contributed by atoms with Crippen LogP contribution >= 0.6 is 0 Å². The predicted molar refractivity (Wildman–Crippen MR) is 114 cm³/mol. The van der Waals surface area contributed by atoms with Crippen LogP contribution in [0.1, 0.15) is 30.2 Å². The van der Waals surface area contributed by atoms with Crippen molar-refractivity contribution in [1.29, 1.82) is 0 Å². The Labute approximate surface area is 196 Å². The third-order valence-corrected chi connectivity index (χ3v) is 5.64. The zero-order valence-electron chi connectivity index (χ0n) is 18.7. The van der Waals surface area contributed by atoms with Crippen LogP contribution in [0.25, 0.3) is 11.0 Å². The number of aromatic nitrogens is 5. The zero-order chi connectivity index (χ0) is 24.8. The second kappa shape index (κ2) is 8.70. The lowest BCUT2D eigenvalue weighted by molar-refractivity contribution is -0.153. The van der Waals surface area contributed by atoms with E-state index in [4.69, 9.17) is 14.2 Å². The molecular formula is C21H22F3N7O4. The van der Waals surface area contributed by atoms with Crippen molar-refractivity contribution >= 4 is 22.8 Å². The minimum Gasteiger partial charge on any atom is -0.371 e. The van der Waals surface area contributed by atoms with Crippen LogP contribution in [0, 0.1) is 0 Å². The highest BCUT2D eigenvalue weighted by molar-refractivity contribution is 5.92. The number of nitrogens with zero attached hydrogens (tertiary/aromatic N) is 4. The van der Waals surface area contributed by atoms with Crippen molar-refractivity contribution in [2.75, 3.05) is 18.5 Å². The van der Waals surface area contributed by atoms with Crippen LogP contribution in [-0.4, -0.2) is 74.1 Å². The maximum Gasteiger partial charge on any atom is 0.434 e. The lowest BCUT2D eigenvalue weighted by Crippen LogP contribution is -2.57. The Morgan fingerprint density at radius 2 is 2.00 bits per heavy atom. The van der Waals surface area contributed by atoms with E-state index in [1.54, 1.807) is 32.3 Å². The predicted octanol–water partition coefficient (Wildman–Crippen LogP) is 1.90. The van der Waals surface area contributed by atoms with Gasteiger partial charge in [0.15, 0.2) is 11.5 Å². The molecule has 186 valence electrons. The summed E-state index contributed by atoms with van der Waals surface area (Å²) in [5.41, 5.74) is -0.569. The van der Waals surface area contributed by atoms with Gasteiger partial charge in [0, 0.05) is 24.3 Å². The first-order valence-corrected chi connectivity index (χ1v) is 10.8. The molecule has 0 saturated carbocycles. The molecule has 14 heteroatoms. The Bertz CT molecular complexity index is 1230. The van der Waals surface area contributed by atoms with Gasteiger partial charge in [0.05, 0.1) is 25.0 Å². The monoisotopic (exact) mass is 493 g/mol. The van der Waals surface area contributed by atoms with Crippen LogP contribution < -0.4 is 10.6 Å². The Morgan fingerprint density at radius 3 is 2.80 bits per heavy atom. The Kier molecular flexibility index (Phi) is 5.81. The number of ether oxygens (including phenoxy) is 3. The Hall–Kier alpha value is -3.36. The maximum absolute atomic E-state index is 13.0. The third-order valence-electron chi connectivity index (χ3n) is 5.64. The van der Waals surface area contributed by atoms with Crippen molar-refractivity contribution in [3.63, 3.8) is 0 Å². The summed E-state index contributed by atoms with van der Waals surface area (Å²) in [5.74, 6) is -1.52. The van der Waals surface area contributed by atoms with Gasteiger partial charge < -0.3 is 29.8 Å². The summed E-state index contributed by atoms with van der Waals surface area (Å²) in [4.78, 5) is 31.0. The molecule has 0 radical (unpaired) electrons.